The first-order valence-electron chi connectivity index (χ1n) is 6.32. The molecule has 106 valence electrons. The molecule has 1 aromatic carbocycles. The van der Waals surface area contributed by atoms with Gasteiger partial charge in [0.05, 0.1) is 29.8 Å². The van der Waals surface area contributed by atoms with Gasteiger partial charge in [-0.05, 0) is 12.1 Å². The standard InChI is InChI=1S/C13H15N3O4/c14-10-11-1-2-13(12(9-11)16(17)18)20-8-5-15-3-6-19-7-4-15/h1-2,9H,3-8H2. The number of nitriles is 1. The molecule has 0 bridgehead atoms. The van der Waals surface area contributed by atoms with Crippen LogP contribution >= 0.6 is 0 Å². The van der Waals surface area contributed by atoms with Crippen LogP contribution in [0.25, 0.3) is 0 Å². The van der Waals surface area contributed by atoms with Crippen molar-refractivity contribution in [3.05, 3.63) is 33.9 Å². The highest BCUT2D eigenvalue weighted by atomic mass is 16.6. The fourth-order valence-electron chi connectivity index (χ4n) is 1.96. The summed E-state index contributed by atoms with van der Waals surface area (Å²) in [4.78, 5) is 12.6. The fourth-order valence-corrected chi connectivity index (χ4v) is 1.96. The van der Waals surface area contributed by atoms with E-state index in [4.69, 9.17) is 14.7 Å². The Morgan fingerprint density at radius 3 is 2.85 bits per heavy atom. The van der Waals surface area contributed by atoms with Gasteiger partial charge in [0.2, 0.25) is 0 Å². The van der Waals surface area contributed by atoms with Gasteiger partial charge >= 0.3 is 5.69 Å². The summed E-state index contributed by atoms with van der Waals surface area (Å²) < 4.78 is 10.7. The molecule has 0 saturated carbocycles. The highest BCUT2D eigenvalue weighted by Gasteiger charge is 2.17. The molecule has 7 nitrogen and oxygen atoms in total. The Bertz CT molecular complexity index is 521. The van der Waals surface area contributed by atoms with E-state index in [0.717, 1.165) is 13.1 Å². The van der Waals surface area contributed by atoms with E-state index in [2.05, 4.69) is 4.90 Å². The van der Waals surface area contributed by atoms with Crippen molar-refractivity contribution in [3.63, 3.8) is 0 Å². The molecule has 0 atom stereocenters. The zero-order valence-electron chi connectivity index (χ0n) is 10.9. The first-order valence-corrected chi connectivity index (χ1v) is 6.32. The first-order chi connectivity index (χ1) is 9.70. The summed E-state index contributed by atoms with van der Waals surface area (Å²) in [6, 6.07) is 6.08. The van der Waals surface area contributed by atoms with Crippen molar-refractivity contribution < 1.29 is 14.4 Å². The third kappa shape index (κ3) is 3.66. The summed E-state index contributed by atoms with van der Waals surface area (Å²) in [6.45, 7) is 4.17. The Morgan fingerprint density at radius 2 is 2.20 bits per heavy atom. The average Bonchev–Trinajstić information content (AvgIpc) is 2.48. The van der Waals surface area contributed by atoms with Crippen molar-refractivity contribution in [3.8, 4) is 11.8 Å². The third-order valence-corrected chi connectivity index (χ3v) is 3.05. The minimum atomic E-state index is -0.537. The van der Waals surface area contributed by atoms with E-state index in [0.29, 0.717) is 26.4 Å². The van der Waals surface area contributed by atoms with Crippen LogP contribution < -0.4 is 4.74 Å². The zero-order chi connectivity index (χ0) is 14.4. The van der Waals surface area contributed by atoms with Crippen molar-refractivity contribution in [1.29, 1.82) is 5.26 Å². The van der Waals surface area contributed by atoms with Crippen LogP contribution in [0, 0.1) is 21.4 Å². The van der Waals surface area contributed by atoms with E-state index in [1.54, 1.807) is 0 Å². The van der Waals surface area contributed by atoms with E-state index >= 15 is 0 Å². The molecule has 1 heterocycles. The number of nitro benzene ring substituents is 1. The monoisotopic (exact) mass is 277 g/mol. The maximum Gasteiger partial charge on any atom is 0.312 e. The maximum absolute atomic E-state index is 10.9. The molecule has 7 heteroatoms. The Labute approximate surface area is 116 Å². The second kappa shape index (κ2) is 6.84. The summed E-state index contributed by atoms with van der Waals surface area (Å²) in [6.07, 6.45) is 0. The Kier molecular flexibility index (Phi) is 4.87. The molecule has 2 rings (SSSR count). The number of ether oxygens (including phenoxy) is 2. The average molecular weight is 277 g/mol. The second-order valence-corrected chi connectivity index (χ2v) is 4.35. The topological polar surface area (TPSA) is 88.6 Å². The third-order valence-electron chi connectivity index (χ3n) is 3.05. The van der Waals surface area contributed by atoms with Crippen LogP contribution in [0.5, 0.6) is 5.75 Å². The number of morpholine rings is 1. The fraction of sp³-hybridized carbons (Fsp3) is 0.462. The van der Waals surface area contributed by atoms with Crippen molar-refractivity contribution in [2.24, 2.45) is 0 Å². The molecule has 0 amide bonds. The Morgan fingerprint density at radius 1 is 1.45 bits per heavy atom. The van der Waals surface area contributed by atoms with Gasteiger partial charge in [-0.1, -0.05) is 0 Å². The van der Waals surface area contributed by atoms with Crippen molar-refractivity contribution in [1.82, 2.24) is 4.90 Å². The molecule has 0 aliphatic carbocycles. The number of nitro groups is 1. The van der Waals surface area contributed by atoms with Gasteiger partial charge in [0.15, 0.2) is 5.75 Å². The van der Waals surface area contributed by atoms with Gasteiger partial charge in [0, 0.05) is 25.7 Å². The molecule has 1 saturated heterocycles. The van der Waals surface area contributed by atoms with Crippen LogP contribution in [-0.2, 0) is 4.74 Å². The summed E-state index contributed by atoms with van der Waals surface area (Å²) in [7, 11) is 0. The van der Waals surface area contributed by atoms with Gasteiger partial charge in [-0.2, -0.15) is 5.26 Å². The van der Waals surface area contributed by atoms with Gasteiger partial charge in [0.1, 0.15) is 6.61 Å². The molecule has 0 radical (unpaired) electrons. The zero-order valence-corrected chi connectivity index (χ0v) is 10.9. The Balaban J connectivity index is 1.94. The predicted octanol–water partition coefficient (Wildman–Crippen LogP) is 1.18. The molecular weight excluding hydrogens is 262 g/mol. The smallest absolute Gasteiger partial charge is 0.312 e. The molecule has 20 heavy (non-hydrogen) atoms. The van der Waals surface area contributed by atoms with E-state index in [9.17, 15) is 10.1 Å². The molecule has 0 spiro atoms. The van der Waals surface area contributed by atoms with E-state index in [-0.39, 0.29) is 17.0 Å². The lowest BCUT2D eigenvalue weighted by Gasteiger charge is -2.26. The summed E-state index contributed by atoms with van der Waals surface area (Å²) in [5.41, 5.74) is 0.0725. The lowest BCUT2D eigenvalue weighted by molar-refractivity contribution is -0.385. The van der Waals surface area contributed by atoms with Crippen LogP contribution in [0.2, 0.25) is 0 Å². The molecule has 1 aliphatic heterocycles. The van der Waals surface area contributed by atoms with Crippen LogP contribution in [-0.4, -0.2) is 49.3 Å². The van der Waals surface area contributed by atoms with Gasteiger partial charge in [0.25, 0.3) is 0 Å². The highest BCUT2D eigenvalue weighted by Crippen LogP contribution is 2.27. The molecule has 0 aromatic heterocycles. The number of hydrogen-bond donors (Lipinski definition) is 0. The van der Waals surface area contributed by atoms with Crippen molar-refractivity contribution in [2.45, 2.75) is 0 Å². The number of nitrogens with zero attached hydrogens (tertiary/aromatic N) is 3. The van der Waals surface area contributed by atoms with Crippen molar-refractivity contribution in [2.75, 3.05) is 39.5 Å². The van der Waals surface area contributed by atoms with Gasteiger partial charge in [-0.25, -0.2) is 0 Å². The lowest BCUT2D eigenvalue weighted by atomic mass is 10.2. The van der Waals surface area contributed by atoms with Gasteiger partial charge < -0.3 is 9.47 Å². The largest absolute Gasteiger partial charge is 0.485 e. The Hall–Kier alpha value is -2.17. The summed E-state index contributed by atoms with van der Waals surface area (Å²) in [5, 5.41) is 19.7. The molecule has 0 N–H and O–H groups in total. The maximum atomic E-state index is 10.9. The quantitative estimate of drug-likeness (QED) is 0.593. The predicted molar refractivity (Wildman–Crippen MR) is 70.6 cm³/mol. The normalized spacial score (nSPS) is 15.6. The van der Waals surface area contributed by atoms with E-state index < -0.39 is 4.92 Å². The van der Waals surface area contributed by atoms with Gasteiger partial charge in [-0.3, -0.25) is 15.0 Å². The molecule has 1 aliphatic rings. The van der Waals surface area contributed by atoms with Crippen LogP contribution in [0.3, 0.4) is 0 Å². The van der Waals surface area contributed by atoms with E-state index in [1.807, 2.05) is 6.07 Å². The molecular formula is C13H15N3O4. The molecule has 1 aromatic rings. The van der Waals surface area contributed by atoms with E-state index in [1.165, 1.54) is 18.2 Å². The number of benzene rings is 1. The SMILES string of the molecule is N#Cc1ccc(OCCN2CCOCC2)c([N+](=O)[O-])c1. The summed E-state index contributed by atoms with van der Waals surface area (Å²) in [5.74, 6) is 0.197. The van der Waals surface area contributed by atoms with Crippen LogP contribution in [0.1, 0.15) is 5.56 Å². The lowest BCUT2D eigenvalue weighted by Crippen LogP contribution is -2.38. The minimum absolute atomic E-state index is 0.175. The van der Waals surface area contributed by atoms with Crippen LogP contribution in [0.4, 0.5) is 5.69 Å². The first kappa shape index (κ1) is 14.2. The van der Waals surface area contributed by atoms with Crippen LogP contribution in [0.15, 0.2) is 18.2 Å². The highest BCUT2D eigenvalue weighted by molar-refractivity contribution is 5.51. The molecule has 0 unspecified atom stereocenters. The molecule has 1 fully saturated rings. The van der Waals surface area contributed by atoms with Gasteiger partial charge in [-0.15, -0.1) is 0 Å². The van der Waals surface area contributed by atoms with Crippen molar-refractivity contribution >= 4 is 5.69 Å². The second-order valence-electron chi connectivity index (χ2n) is 4.35. The number of rotatable bonds is 5. The summed E-state index contributed by atoms with van der Waals surface area (Å²) >= 11 is 0. The number of hydrogen-bond acceptors (Lipinski definition) is 6. The minimum Gasteiger partial charge on any atom is -0.485 e.